The highest BCUT2D eigenvalue weighted by Gasteiger charge is 2.30. The summed E-state index contributed by atoms with van der Waals surface area (Å²) in [5.74, 6) is 0.718. The van der Waals surface area contributed by atoms with Gasteiger partial charge in [0.2, 0.25) is 5.91 Å². The standard InChI is InChI=1S/C21H32N4O3/c1-23-18-7-3-2-6-17(18)20(22-23)21(27)25-10-4-5-16(15-25)8-9-19(26)24-11-13-28-14-12-24/h16H,2-15H2,1H3/t16-/m0/s1. The van der Waals surface area contributed by atoms with Crippen LogP contribution in [-0.2, 0) is 29.4 Å². The van der Waals surface area contributed by atoms with Crippen LogP contribution in [0.1, 0.15) is 60.3 Å². The molecule has 154 valence electrons. The van der Waals surface area contributed by atoms with Gasteiger partial charge in [-0.2, -0.15) is 5.10 Å². The fourth-order valence-corrected chi connectivity index (χ4v) is 4.88. The van der Waals surface area contributed by atoms with Crippen LogP contribution in [0, 0.1) is 5.92 Å². The Labute approximate surface area is 167 Å². The fourth-order valence-electron chi connectivity index (χ4n) is 4.88. The summed E-state index contributed by atoms with van der Waals surface area (Å²) < 4.78 is 7.23. The van der Waals surface area contributed by atoms with Gasteiger partial charge in [-0.25, -0.2) is 0 Å². The third-order valence-electron chi connectivity index (χ3n) is 6.50. The molecule has 0 radical (unpaired) electrons. The summed E-state index contributed by atoms with van der Waals surface area (Å²) in [6, 6.07) is 0. The maximum atomic E-state index is 13.2. The van der Waals surface area contributed by atoms with Gasteiger partial charge in [-0.15, -0.1) is 0 Å². The van der Waals surface area contributed by atoms with Crippen LogP contribution in [0.25, 0.3) is 0 Å². The number of carbonyl (C=O) groups is 2. The molecule has 0 N–H and O–H groups in total. The van der Waals surface area contributed by atoms with Crippen molar-refractivity contribution >= 4 is 11.8 Å². The van der Waals surface area contributed by atoms with E-state index in [2.05, 4.69) is 5.10 Å². The van der Waals surface area contributed by atoms with E-state index in [1.165, 1.54) is 17.7 Å². The number of piperidine rings is 1. The van der Waals surface area contributed by atoms with Gasteiger partial charge in [-0.05, 0) is 50.9 Å². The van der Waals surface area contributed by atoms with Crippen LogP contribution in [0.5, 0.6) is 0 Å². The van der Waals surface area contributed by atoms with Crippen molar-refractivity contribution in [1.82, 2.24) is 19.6 Å². The number of fused-ring (bicyclic) bond motifs is 1. The first-order valence-electron chi connectivity index (χ1n) is 10.8. The van der Waals surface area contributed by atoms with Gasteiger partial charge in [0, 0.05) is 50.9 Å². The van der Waals surface area contributed by atoms with Crippen molar-refractivity contribution in [2.24, 2.45) is 13.0 Å². The van der Waals surface area contributed by atoms with E-state index in [1.54, 1.807) is 0 Å². The van der Waals surface area contributed by atoms with Crippen molar-refractivity contribution < 1.29 is 14.3 Å². The third kappa shape index (κ3) is 4.09. The number of carbonyl (C=O) groups excluding carboxylic acids is 2. The Bertz CT molecular complexity index is 723. The second kappa shape index (κ2) is 8.64. The number of likely N-dealkylation sites (tertiary alicyclic amines) is 1. The summed E-state index contributed by atoms with van der Waals surface area (Å²) >= 11 is 0. The van der Waals surface area contributed by atoms with Crippen LogP contribution in [0.3, 0.4) is 0 Å². The minimum atomic E-state index is 0.0861. The molecule has 0 spiro atoms. The molecule has 2 amide bonds. The van der Waals surface area contributed by atoms with E-state index in [4.69, 9.17) is 4.74 Å². The van der Waals surface area contributed by atoms with Crippen molar-refractivity contribution in [3.63, 3.8) is 0 Å². The van der Waals surface area contributed by atoms with Gasteiger partial charge in [0.1, 0.15) is 0 Å². The summed E-state index contributed by atoms with van der Waals surface area (Å²) in [7, 11) is 1.96. The number of aryl methyl sites for hydroxylation is 1. The topological polar surface area (TPSA) is 67.7 Å². The zero-order chi connectivity index (χ0) is 19.5. The quantitative estimate of drug-likeness (QED) is 0.789. The van der Waals surface area contributed by atoms with Crippen LogP contribution in [0.2, 0.25) is 0 Å². The first-order valence-corrected chi connectivity index (χ1v) is 10.8. The van der Waals surface area contributed by atoms with Gasteiger partial charge in [0.25, 0.3) is 5.91 Å². The molecule has 7 heteroatoms. The smallest absolute Gasteiger partial charge is 0.274 e. The fraction of sp³-hybridized carbons (Fsp3) is 0.762. The Morgan fingerprint density at radius 3 is 2.68 bits per heavy atom. The summed E-state index contributed by atoms with van der Waals surface area (Å²) in [6.45, 7) is 4.26. The van der Waals surface area contributed by atoms with Crippen LogP contribution < -0.4 is 0 Å². The highest BCUT2D eigenvalue weighted by atomic mass is 16.5. The Morgan fingerprint density at radius 2 is 1.86 bits per heavy atom. The SMILES string of the molecule is Cn1nc(C(=O)N2CCC[C@@H](CCC(=O)N3CCOCC3)C2)c2c1CCCC2. The van der Waals surface area contributed by atoms with Crippen LogP contribution in [0.4, 0.5) is 0 Å². The first-order chi connectivity index (χ1) is 13.6. The highest BCUT2D eigenvalue weighted by molar-refractivity contribution is 5.94. The second-order valence-electron chi connectivity index (χ2n) is 8.40. The lowest BCUT2D eigenvalue weighted by Gasteiger charge is -2.33. The van der Waals surface area contributed by atoms with Gasteiger partial charge in [0.15, 0.2) is 5.69 Å². The minimum absolute atomic E-state index is 0.0861. The van der Waals surface area contributed by atoms with Crippen LogP contribution in [0.15, 0.2) is 0 Å². The number of rotatable bonds is 4. The molecule has 2 saturated heterocycles. The molecule has 1 aromatic rings. The Kier molecular flexibility index (Phi) is 5.99. The van der Waals surface area contributed by atoms with Gasteiger partial charge >= 0.3 is 0 Å². The zero-order valence-corrected chi connectivity index (χ0v) is 17.0. The monoisotopic (exact) mass is 388 g/mol. The van der Waals surface area contributed by atoms with E-state index in [0.29, 0.717) is 44.3 Å². The van der Waals surface area contributed by atoms with Crippen molar-refractivity contribution in [1.29, 1.82) is 0 Å². The van der Waals surface area contributed by atoms with Crippen molar-refractivity contribution in [3.8, 4) is 0 Å². The van der Waals surface area contributed by atoms with Crippen LogP contribution in [-0.4, -0.2) is 70.8 Å². The lowest BCUT2D eigenvalue weighted by atomic mass is 9.92. The number of amides is 2. The molecule has 1 atom stereocenters. The van der Waals surface area contributed by atoms with E-state index in [9.17, 15) is 9.59 Å². The maximum absolute atomic E-state index is 13.2. The summed E-state index contributed by atoms with van der Waals surface area (Å²) in [5.41, 5.74) is 3.07. The second-order valence-corrected chi connectivity index (χ2v) is 8.40. The molecule has 1 aliphatic carbocycles. The Morgan fingerprint density at radius 1 is 1.07 bits per heavy atom. The van der Waals surface area contributed by atoms with Crippen molar-refractivity contribution in [3.05, 3.63) is 17.0 Å². The summed E-state index contributed by atoms with van der Waals surface area (Å²) in [4.78, 5) is 29.5. The number of nitrogens with zero attached hydrogens (tertiary/aromatic N) is 4. The number of aromatic nitrogens is 2. The minimum Gasteiger partial charge on any atom is -0.378 e. The lowest BCUT2D eigenvalue weighted by molar-refractivity contribution is -0.135. The average molecular weight is 389 g/mol. The average Bonchev–Trinajstić information content (AvgIpc) is 3.09. The molecule has 0 bridgehead atoms. The predicted octanol–water partition coefficient (Wildman–Crippen LogP) is 1.79. The molecule has 0 saturated carbocycles. The summed E-state index contributed by atoms with van der Waals surface area (Å²) in [6.07, 6.45) is 7.87. The van der Waals surface area contributed by atoms with Crippen molar-refractivity contribution in [2.45, 2.75) is 51.4 Å². The largest absolute Gasteiger partial charge is 0.378 e. The van der Waals surface area contributed by atoms with Gasteiger partial charge in [-0.1, -0.05) is 0 Å². The lowest BCUT2D eigenvalue weighted by Crippen LogP contribution is -2.42. The molecule has 4 rings (SSSR count). The number of morpholine rings is 1. The molecule has 0 aromatic carbocycles. The maximum Gasteiger partial charge on any atom is 0.274 e. The zero-order valence-electron chi connectivity index (χ0n) is 17.0. The summed E-state index contributed by atoms with van der Waals surface area (Å²) in [5, 5.41) is 4.58. The van der Waals surface area contributed by atoms with E-state index >= 15 is 0 Å². The Balaban J connectivity index is 1.34. The molecule has 0 unspecified atom stereocenters. The molecule has 3 aliphatic rings. The van der Waals surface area contributed by atoms with E-state index in [0.717, 1.165) is 51.6 Å². The molecular formula is C21H32N4O3. The first kappa shape index (κ1) is 19.4. The Hall–Kier alpha value is -1.89. The molecule has 7 nitrogen and oxygen atoms in total. The predicted molar refractivity (Wildman–Crippen MR) is 105 cm³/mol. The molecule has 2 aliphatic heterocycles. The number of ether oxygens (including phenoxy) is 1. The highest BCUT2D eigenvalue weighted by Crippen LogP contribution is 2.27. The van der Waals surface area contributed by atoms with Crippen molar-refractivity contribution in [2.75, 3.05) is 39.4 Å². The third-order valence-corrected chi connectivity index (χ3v) is 6.50. The number of hydrogen-bond donors (Lipinski definition) is 0. The van der Waals surface area contributed by atoms with E-state index in [-0.39, 0.29) is 11.8 Å². The normalized spacial score (nSPS) is 22.8. The van der Waals surface area contributed by atoms with E-state index < -0.39 is 0 Å². The van der Waals surface area contributed by atoms with Gasteiger partial charge in [-0.3, -0.25) is 14.3 Å². The van der Waals surface area contributed by atoms with Gasteiger partial charge in [0.05, 0.1) is 13.2 Å². The van der Waals surface area contributed by atoms with Gasteiger partial charge < -0.3 is 14.5 Å². The molecule has 2 fully saturated rings. The molecule has 28 heavy (non-hydrogen) atoms. The molecule has 1 aromatic heterocycles. The van der Waals surface area contributed by atoms with E-state index in [1.807, 2.05) is 21.5 Å². The molecule has 3 heterocycles. The molecular weight excluding hydrogens is 356 g/mol. The van der Waals surface area contributed by atoms with Crippen LogP contribution >= 0.6 is 0 Å². The number of hydrogen-bond acceptors (Lipinski definition) is 4.